The van der Waals surface area contributed by atoms with E-state index in [0.29, 0.717) is 14.4 Å². The molecule has 0 fully saturated rings. The number of aromatic nitrogens is 1. The molecule has 3 rings (SSSR count). The minimum atomic E-state index is -3.96. The van der Waals surface area contributed by atoms with Crippen LogP contribution in [0, 0.1) is 10.1 Å². The summed E-state index contributed by atoms with van der Waals surface area (Å²) in [7, 11) is -3.96. The zero-order valence-electron chi connectivity index (χ0n) is 17.7. The maximum absolute atomic E-state index is 13.1. The summed E-state index contributed by atoms with van der Waals surface area (Å²) < 4.78 is 34.6. The van der Waals surface area contributed by atoms with Crippen molar-refractivity contribution >= 4 is 54.8 Å². The number of sulfonamides is 1. The highest BCUT2D eigenvalue weighted by atomic mass is 79.9. The van der Waals surface area contributed by atoms with Crippen LogP contribution < -0.4 is 14.8 Å². The van der Waals surface area contributed by atoms with Crippen LogP contribution in [0.3, 0.4) is 0 Å². The van der Waals surface area contributed by atoms with E-state index in [1.807, 2.05) is 0 Å². The Morgan fingerprint density at radius 1 is 1.18 bits per heavy atom. The molecule has 13 heteroatoms. The smallest absolute Gasteiger partial charge is 0.410 e. The number of nitro groups is 1. The highest BCUT2D eigenvalue weighted by Gasteiger charge is 2.26. The molecule has 0 spiro atoms. The van der Waals surface area contributed by atoms with E-state index >= 15 is 0 Å². The molecule has 10 nitrogen and oxygen atoms in total. The fourth-order valence-corrected chi connectivity index (χ4v) is 5.78. The molecule has 0 unspecified atom stereocenters. The summed E-state index contributed by atoms with van der Waals surface area (Å²) in [6.45, 7) is 5.16. The first kappa shape index (κ1) is 24.8. The van der Waals surface area contributed by atoms with Gasteiger partial charge in [-0.2, -0.15) is 0 Å². The molecule has 33 heavy (non-hydrogen) atoms. The van der Waals surface area contributed by atoms with Crippen LogP contribution in [0.25, 0.3) is 10.4 Å². The van der Waals surface area contributed by atoms with Crippen LogP contribution in [0.1, 0.15) is 20.8 Å². The highest BCUT2D eigenvalue weighted by Crippen LogP contribution is 2.35. The van der Waals surface area contributed by atoms with Crippen molar-refractivity contribution in [2.24, 2.45) is 0 Å². The lowest BCUT2D eigenvalue weighted by Gasteiger charge is -2.22. The van der Waals surface area contributed by atoms with Gasteiger partial charge in [-0.05, 0) is 61.0 Å². The second-order valence-corrected chi connectivity index (χ2v) is 11.8. The van der Waals surface area contributed by atoms with Gasteiger partial charge in [0.15, 0.2) is 3.92 Å². The second-order valence-electron chi connectivity index (χ2n) is 7.81. The molecule has 0 aliphatic carbocycles. The van der Waals surface area contributed by atoms with Gasteiger partial charge in [-0.3, -0.25) is 15.4 Å². The number of rotatable bonds is 6. The molecular formula is C20H19BrN4O6S2. The number of nitrogens with one attached hydrogen (secondary N) is 2. The van der Waals surface area contributed by atoms with Gasteiger partial charge in [0.05, 0.1) is 14.7 Å². The predicted molar refractivity (Wildman–Crippen MR) is 128 cm³/mol. The minimum Gasteiger partial charge on any atom is -0.410 e. The third-order valence-corrected chi connectivity index (χ3v) is 7.27. The van der Waals surface area contributed by atoms with Gasteiger partial charge in [0.2, 0.25) is 10.0 Å². The van der Waals surface area contributed by atoms with Crippen LogP contribution >= 0.6 is 27.3 Å². The van der Waals surface area contributed by atoms with Crippen molar-refractivity contribution < 1.29 is 22.9 Å². The molecule has 1 amide bonds. The number of hydrogen-bond acceptors (Lipinski definition) is 8. The lowest BCUT2D eigenvalue weighted by atomic mass is 10.1. The first-order valence-corrected chi connectivity index (χ1v) is 12.5. The number of ether oxygens (including phenoxy) is 1. The van der Waals surface area contributed by atoms with Gasteiger partial charge in [0, 0.05) is 35.1 Å². The third-order valence-electron chi connectivity index (χ3n) is 3.96. The summed E-state index contributed by atoms with van der Waals surface area (Å²) in [4.78, 5) is 27.2. The third kappa shape index (κ3) is 6.57. The highest BCUT2D eigenvalue weighted by molar-refractivity contribution is 9.11. The Kier molecular flexibility index (Phi) is 7.17. The van der Waals surface area contributed by atoms with E-state index in [-0.39, 0.29) is 22.0 Å². The van der Waals surface area contributed by atoms with Gasteiger partial charge in [-0.1, -0.05) is 6.07 Å². The first-order valence-electron chi connectivity index (χ1n) is 9.37. The average Bonchev–Trinajstić information content (AvgIpc) is 3.12. The largest absolute Gasteiger partial charge is 0.417 e. The number of nitro benzene ring substituents is 1. The second kappa shape index (κ2) is 9.55. The van der Waals surface area contributed by atoms with Gasteiger partial charge in [0.1, 0.15) is 5.75 Å². The van der Waals surface area contributed by atoms with Crippen LogP contribution in [0.2, 0.25) is 0 Å². The van der Waals surface area contributed by atoms with Gasteiger partial charge < -0.3 is 4.74 Å². The van der Waals surface area contributed by atoms with Crippen molar-refractivity contribution in [1.29, 1.82) is 0 Å². The number of thiazole rings is 1. The first-order chi connectivity index (χ1) is 15.3. The summed E-state index contributed by atoms with van der Waals surface area (Å²) in [5.41, 5.74) is -0.273. The van der Waals surface area contributed by atoms with E-state index in [0.717, 1.165) is 0 Å². The van der Waals surface area contributed by atoms with Crippen molar-refractivity contribution in [2.45, 2.75) is 31.2 Å². The summed E-state index contributed by atoms with van der Waals surface area (Å²) in [5.74, 6) is 0.0893. The molecule has 1 aromatic heterocycles. The van der Waals surface area contributed by atoms with Crippen LogP contribution in [-0.2, 0) is 10.0 Å². The fourth-order valence-electron chi connectivity index (χ4n) is 2.75. The summed E-state index contributed by atoms with van der Waals surface area (Å²) in [6.07, 6.45) is 0.667. The number of benzene rings is 2. The Labute approximate surface area is 202 Å². The van der Waals surface area contributed by atoms with E-state index in [9.17, 15) is 23.3 Å². The Morgan fingerprint density at radius 2 is 1.85 bits per heavy atom. The number of carbonyl (C=O) groups excluding carboxylic acids is 1. The Morgan fingerprint density at radius 3 is 2.39 bits per heavy atom. The Hall–Kier alpha value is -2.87. The van der Waals surface area contributed by atoms with Gasteiger partial charge in [0.25, 0.3) is 5.69 Å². The fraction of sp³-hybridized carbons (Fsp3) is 0.200. The predicted octanol–water partition coefficient (Wildman–Crippen LogP) is 5.17. The van der Waals surface area contributed by atoms with E-state index in [4.69, 9.17) is 4.74 Å². The summed E-state index contributed by atoms with van der Waals surface area (Å²) >= 11 is 4.54. The lowest BCUT2D eigenvalue weighted by Crippen LogP contribution is -2.40. The topological polar surface area (TPSA) is 141 Å². The number of hydrogen-bond donors (Lipinski definition) is 2. The molecule has 0 radical (unpaired) electrons. The lowest BCUT2D eigenvalue weighted by molar-refractivity contribution is -0.384. The van der Waals surface area contributed by atoms with Crippen molar-refractivity contribution in [1.82, 2.24) is 9.71 Å². The van der Waals surface area contributed by atoms with Crippen LogP contribution in [0.5, 0.6) is 5.75 Å². The summed E-state index contributed by atoms with van der Waals surface area (Å²) in [5, 5.41) is 13.2. The molecule has 0 atom stereocenters. The Balaban J connectivity index is 1.90. The molecular weight excluding hydrogens is 536 g/mol. The van der Waals surface area contributed by atoms with Crippen molar-refractivity contribution in [2.75, 3.05) is 5.32 Å². The normalized spacial score (nSPS) is 11.8. The van der Waals surface area contributed by atoms with E-state index in [1.54, 1.807) is 33.0 Å². The number of carbonyl (C=O) groups is 1. The molecule has 0 bridgehead atoms. The monoisotopic (exact) mass is 554 g/mol. The molecule has 2 N–H and O–H groups in total. The number of non-ortho nitro benzene ring substituents is 1. The van der Waals surface area contributed by atoms with Crippen LogP contribution in [0.4, 0.5) is 16.2 Å². The average molecular weight is 555 g/mol. The molecule has 0 saturated heterocycles. The van der Waals surface area contributed by atoms with Gasteiger partial charge in [-0.15, -0.1) is 11.3 Å². The molecule has 2 aromatic carbocycles. The zero-order chi connectivity index (χ0) is 24.4. The van der Waals surface area contributed by atoms with E-state index < -0.39 is 26.6 Å². The molecule has 0 saturated carbocycles. The quantitative estimate of drug-likeness (QED) is 0.316. The van der Waals surface area contributed by atoms with Crippen molar-refractivity contribution in [3.05, 3.63) is 62.7 Å². The van der Waals surface area contributed by atoms with E-state index in [2.05, 4.69) is 31.0 Å². The van der Waals surface area contributed by atoms with Gasteiger partial charge >= 0.3 is 6.09 Å². The zero-order valence-corrected chi connectivity index (χ0v) is 20.9. The Bertz CT molecular complexity index is 1300. The molecule has 1 heterocycles. The number of anilines is 1. The van der Waals surface area contributed by atoms with Crippen molar-refractivity contribution in [3.63, 3.8) is 0 Å². The number of halogens is 1. The number of nitrogens with zero attached hydrogens (tertiary/aromatic N) is 2. The van der Waals surface area contributed by atoms with Crippen LogP contribution in [0.15, 0.2) is 57.5 Å². The van der Waals surface area contributed by atoms with Crippen LogP contribution in [-0.4, -0.2) is 30.0 Å². The summed E-state index contributed by atoms with van der Waals surface area (Å²) in [6, 6.07) is 9.40. The molecule has 174 valence electrons. The minimum absolute atomic E-state index is 0.0401. The maximum Gasteiger partial charge on any atom is 0.417 e. The molecule has 3 aromatic rings. The van der Waals surface area contributed by atoms with E-state index in [1.165, 1.54) is 47.7 Å². The maximum atomic E-state index is 13.1. The molecule has 0 aliphatic rings. The molecule has 0 aliphatic heterocycles. The SMILES string of the molecule is CC(C)(C)NS(=O)(=O)c1cc(NC(=O)Oc2ccc([N+](=O)[O-])cc2)ccc1-c1cnc(Br)s1. The van der Waals surface area contributed by atoms with Gasteiger partial charge in [-0.25, -0.2) is 22.9 Å². The number of amides is 1. The van der Waals surface area contributed by atoms with Crippen molar-refractivity contribution in [3.8, 4) is 16.2 Å². The standard InChI is InChI=1S/C20H19BrN4O6S2/c1-20(2,3)24-33(29,30)17-10-12(4-9-15(17)16-11-22-18(21)32-16)23-19(26)31-14-7-5-13(6-8-14)25(27)28/h4-11,24H,1-3H3,(H,23,26).